The number of ether oxygens (including phenoxy) is 1. The van der Waals surface area contributed by atoms with Gasteiger partial charge >= 0.3 is 5.97 Å². The SMILES string of the molecule is CC(C)(C)OC(=O)Cn1ccc2cc(N)ccc21. The van der Waals surface area contributed by atoms with E-state index in [9.17, 15) is 4.79 Å². The normalized spacial score (nSPS) is 11.7. The molecule has 2 rings (SSSR count). The topological polar surface area (TPSA) is 57.2 Å². The standard InChI is InChI=1S/C14H18N2O2/c1-14(2,3)18-13(17)9-16-7-6-10-8-11(15)4-5-12(10)16/h4-8H,9,15H2,1-3H3. The molecule has 2 aromatic rings. The van der Waals surface area contributed by atoms with Crippen LogP contribution in [-0.4, -0.2) is 16.1 Å². The van der Waals surface area contributed by atoms with E-state index in [1.165, 1.54) is 0 Å². The number of hydrogen-bond donors (Lipinski definition) is 1. The smallest absolute Gasteiger partial charge is 0.326 e. The Balaban J connectivity index is 2.20. The maximum atomic E-state index is 11.8. The first-order valence-corrected chi connectivity index (χ1v) is 5.91. The molecule has 1 aromatic carbocycles. The van der Waals surface area contributed by atoms with Crippen LogP contribution in [0.4, 0.5) is 5.69 Å². The van der Waals surface area contributed by atoms with Gasteiger partial charge < -0.3 is 15.0 Å². The Labute approximate surface area is 106 Å². The molecule has 0 aliphatic heterocycles. The van der Waals surface area contributed by atoms with Gasteiger partial charge in [-0.05, 0) is 45.0 Å². The van der Waals surface area contributed by atoms with E-state index in [1.54, 1.807) is 0 Å². The fourth-order valence-electron chi connectivity index (χ4n) is 1.87. The maximum absolute atomic E-state index is 11.8. The third kappa shape index (κ3) is 2.83. The van der Waals surface area contributed by atoms with Crippen LogP contribution >= 0.6 is 0 Å². The lowest BCUT2D eigenvalue weighted by Crippen LogP contribution is -2.26. The number of hydrogen-bond acceptors (Lipinski definition) is 3. The van der Waals surface area contributed by atoms with Crippen molar-refractivity contribution in [2.24, 2.45) is 0 Å². The Hall–Kier alpha value is -1.97. The highest BCUT2D eigenvalue weighted by molar-refractivity contribution is 5.84. The average molecular weight is 246 g/mol. The third-order valence-corrected chi connectivity index (χ3v) is 2.51. The summed E-state index contributed by atoms with van der Waals surface area (Å²) in [5, 5.41) is 1.03. The summed E-state index contributed by atoms with van der Waals surface area (Å²) in [7, 11) is 0. The summed E-state index contributed by atoms with van der Waals surface area (Å²) in [5.41, 5.74) is 6.96. The minimum Gasteiger partial charge on any atom is -0.459 e. The van der Waals surface area contributed by atoms with Crippen molar-refractivity contribution in [3.8, 4) is 0 Å². The number of nitrogens with two attached hydrogens (primary N) is 1. The number of carbonyl (C=O) groups excluding carboxylic acids is 1. The molecule has 1 aromatic heterocycles. The van der Waals surface area contributed by atoms with E-state index in [0.717, 1.165) is 16.6 Å². The minimum atomic E-state index is -0.454. The average Bonchev–Trinajstić information content (AvgIpc) is 2.57. The van der Waals surface area contributed by atoms with E-state index in [4.69, 9.17) is 10.5 Å². The molecule has 18 heavy (non-hydrogen) atoms. The number of esters is 1. The molecule has 0 radical (unpaired) electrons. The maximum Gasteiger partial charge on any atom is 0.326 e. The van der Waals surface area contributed by atoms with Gasteiger partial charge in [0.15, 0.2) is 0 Å². The van der Waals surface area contributed by atoms with Crippen molar-refractivity contribution >= 4 is 22.6 Å². The molecule has 0 aliphatic carbocycles. The van der Waals surface area contributed by atoms with Crippen LogP contribution in [0.3, 0.4) is 0 Å². The molecular weight excluding hydrogens is 228 g/mol. The molecule has 4 heteroatoms. The molecule has 0 aliphatic rings. The van der Waals surface area contributed by atoms with Gasteiger partial charge in [-0.25, -0.2) is 0 Å². The van der Waals surface area contributed by atoms with Crippen molar-refractivity contribution in [3.63, 3.8) is 0 Å². The van der Waals surface area contributed by atoms with Crippen molar-refractivity contribution in [1.29, 1.82) is 0 Å². The quantitative estimate of drug-likeness (QED) is 0.654. The summed E-state index contributed by atoms with van der Waals surface area (Å²) in [6, 6.07) is 7.57. The van der Waals surface area contributed by atoms with Gasteiger partial charge in [0.25, 0.3) is 0 Å². The summed E-state index contributed by atoms with van der Waals surface area (Å²) >= 11 is 0. The van der Waals surface area contributed by atoms with Crippen LogP contribution in [-0.2, 0) is 16.1 Å². The number of nitrogens with zero attached hydrogens (tertiary/aromatic N) is 1. The second-order valence-electron chi connectivity index (χ2n) is 5.35. The molecule has 2 N–H and O–H groups in total. The first-order valence-electron chi connectivity index (χ1n) is 5.91. The molecule has 4 nitrogen and oxygen atoms in total. The van der Waals surface area contributed by atoms with Crippen LogP contribution in [0.15, 0.2) is 30.5 Å². The van der Waals surface area contributed by atoms with Crippen molar-refractivity contribution < 1.29 is 9.53 Å². The third-order valence-electron chi connectivity index (χ3n) is 2.51. The second-order valence-corrected chi connectivity index (χ2v) is 5.35. The van der Waals surface area contributed by atoms with Crippen molar-refractivity contribution in [2.75, 3.05) is 5.73 Å². The zero-order chi connectivity index (χ0) is 13.3. The van der Waals surface area contributed by atoms with Crippen LogP contribution in [0.5, 0.6) is 0 Å². The Bertz CT molecular complexity index is 579. The molecule has 0 bridgehead atoms. The van der Waals surface area contributed by atoms with Crippen molar-refractivity contribution in [1.82, 2.24) is 4.57 Å². The van der Waals surface area contributed by atoms with Crippen LogP contribution < -0.4 is 5.73 Å². The Kier molecular flexibility index (Phi) is 3.03. The van der Waals surface area contributed by atoms with Gasteiger partial charge in [-0.1, -0.05) is 0 Å². The molecule has 0 saturated heterocycles. The van der Waals surface area contributed by atoms with Crippen LogP contribution in [0.1, 0.15) is 20.8 Å². The van der Waals surface area contributed by atoms with E-state index < -0.39 is 5.60 Å². The minimum absolute atomic E-state index is 0.213. The second kappa shape index (κ2) is 4.37. The van der Waals surface area contributed by atoms with Gasteiger partial charge in [0.05, 0.1) is 0 Å². The number of rotatable bonds is 2. The number of nitrogen functional groups attached to an aromatic ring is 1. The zero-order valence-corrected chi connectivity index (χ0v) is 10.9. The molecule has 1 heterocycles. The Morgan fingerprint density at radius 2 is 2.06 bits per heavy atom. The zero-order valence-electron chi connectivity index (χ0n) is 10.9. The van der Waals surface area contributed by atoms with Gasteiger partial charge in [-0.2, -0.15) is 0 Å². The van der Waals surface area contributed by atoms with E-state index >= 15 is 0 Å². The Morgan fingerprint density at radius 1 is 1.33 bits per heavy atom. The number of fused-ring (bicyclic) bond motifs is 1. The van der Waals surface area contributed by atoms with Gasteiger partial charge in [0.2, 0.25) is 0 Å². The molecule has 0 saturated carbocycles. The van der Waals surface area contributed by atoms with E-state index in [0.29, 0.717) is 0 Å². The molecule has 0 spiro atoms. The fraction of sp³-hybridized carbons (Fsp3) is 0.357. The van der Waals surface area contributed by atoms with Gasteiger partial charge in [0, 0.05) is 22.8 Å². The first-order chi connectivity index (χ1) is 8.35. The van der Waals surface area contributed by atoms with Crippen molar-refractivity contribution in [2.45, 2.75) is 32.9 Å². The van der Waals surface area contributed by atoms with Gasteiger partial charge in [-0.15, -0.1) is 0 Å². The fourth-order valence-corrected chi connectivity index (χ4v) is 1.87. The molecule has 0 fully saturated rings. The lowest BCUT2D eigenvalue weighted by Gasteiger charge is -2.19. The summed E-state index contributed by atoms with van der Waals surface area (Å²) in [6.45, 7) is 5.79. The molecular formula is C14H18N2O2. The number of anilines is 1. The van der Waals surface area contributed by atoms with Crippen LogP contribution in [0.2, 0.25) is 0 Å². The highest BCUT2D eigenvalue weighted by Gasteiger charge is 2.16. The first kappa shape index (κ1) is 12.5. The molecule has 96 valence electrons. The van der Waals surface area contributed by atoms with E-state index in [-0.39, 0.29) is 12.5 Å². The number of benzene rings is 1. The van der Waals surface area contributed by atoms with Crippen molar-refractivity contribution in [3.05, 3.63) is 30.5 Å². The largest absolute Gasteiger partial charge is 0.459 e. The highest BCUT2D eigenvalue weighted by Crippen LogP contribution is 2.19. The van der Waals surface area contributed by atoms with Gasteiger partial charge in [-0.3, -0.25) is 4.79 Å². The van der Waals surface area contributed by atoms with E-state index in [2.05, 4.69) is 0 Å². The Morgan fingerprint density at radius 3 is 2.72 bits per heavy atom. The lowest BCUT2D eigenvalue weighted by atomic mass is 10.2. The number of aromatic nitrogens is 1. The van der Waals surface area contributed by atoms with E-state index in [1.807, 2.05) is 55.8 Å². The predicted molar refractivity (Wildman–Crippen MR) is 72.2 cm³/mol. The molecule has 0 unspecified atom stereocenters. The summed E-state index contributed by atoms with van der Waals surface area (Å²) in [4.78, 5) is 11.8. The predicted octanol–water partition coefficient (Wildman–Crippen LogP) is 2.57. The van der Waals surface area contributed by atoms with Crippen LogP contribution in [0, 0.1) is 0 Å². The lowest BCUT2D eigenvalue weighted by molar-refractivity contribution is -0.155. The summed E-state index contributed by atoms with van der Waals surface area (Å²) in [6.07, 6.45) is 1.87. The molecule has 0 amide bonds. The number of carbonyl (C=O) groups is 1. The molecule has 0 atom stereocenters. The van der Waals surface area contributed by atoms with Gasteiger partial charge in [0.1, 0.15) is 12.1 Å². The van der Waals surface area contributed by atoms with Crippen LogP contribution in [0.25, 0.3) is 10.9 Å². The summed E-state index contributed by atoms with van der Waals surface area (Å²) < 4.78 is 7.16. The summed E-state index contributed by atoms with van der Waals surface area (Å²) in [5.74, 6) is -0.239. The monoisotopic (exact) mass is 246 g/mol. The highest BCUT2D eigenvalue weighted by atomic mass is 16.6.